The topological polar surface area (TPSA) is 75.7 Å². The van der Waals surface area contributed by atoms with E-state index in [0.717, 1.165) is 18.2 Å². The molecule has 30 heavy (non-hydrogen) atoms. The molecule has 0 atom stereocenters. The summed E-state index contributed by atoms with van der Waals surface area (Å²) in [4.78, 5) is 12.2. The average molecular weight is 440 g/mol. The molecule has 0 radical (unpaired) electrons. The molecule has 2 aromatic rings. The molecule has 160 valence electrons. The molecule has 1 aliphatic rings. The number of carbonyl (C=O) groups is 1. The number of sulfonamides is 1. The summed E-state index contributed by atoms with van der Waals surface area (Å²) in [6, 6.07) is 10.2. The number of amides is 1. The van der Waals surface area contributed by atoms with Crippen molar-refractivity contribution in [3.8, 4) is 0 Å². The number of hydrogen-bond acceptors (Lipinski definition) is 4. The number of anilines is 1. The molecular weight excluding hydrogens is 421 g/mol. The van der Waals surface area contributed by atoms with Crippen LogP contribution in [-0.4, -0.2) is 44.9 Å². The number of rotatable bonds is 5. The second kappa shape index (κ2) is 8.99. The Balaban J connectivity index is 1.67. The average Bonchev–Trinajstić information content (AvgIpc) is 2.73. The highest BCUT2D eigenvalue weighted by atomic mass is 32.2. The summed E-state index contributed by atoms with van der Waals surface area (Å²) in [5.74, 6) is -0.546. The number of carbonyl (C=O) groups excluding carboxylic acids is 1. The monoisotopic (exact) mass is 440 g/mol. The molecule has 1 amide bonds. The van der Waals surface area contributed by atoms with Gasteiger partial charge in [0.25, 0.3) is 0 Å². The first kappa shape index (κ1) is 22.0. The summed E-state index contributed by atoms with van der Waals surface area (Å²) in [5, 5.41) is 2.55. The molecule has 1 aliphatic heterocycles. The van der Waals surface area contributed by atoms with Crippen LogP contribution < -0.4 is 5.32 Å². The van der Waals surface area contributed by atoms with Crippen LogP contribution in [0.5, 0.6) is 0 Å². The summed E-state index contributed by atoms with van der Waals surface area (Å²) in [6.45, 7) is 1.17. The van der Waals surface area contributed by atoms with Gasteiger partial charge in [-0.05, 0) is 42.0 Å². The fourth-order valence-electron chi connectivity index (χ4n) is 2.81. The van der Waals surface area contributed by atoms with E-state index >= 15 is 0 Å². The highest BCUT2D eigenvalue weighted by molar-refractivity contribution is 7.89. The van der Waals surface area contributed by atoms with Crippen molar-refractivity contribution in [2.45, 2.75) is 11.1 Å². The molecule has 1 fully saturated rings. The number of hydrogen-bond donors (Lipinski definition) is 1. The smallest absolute Gasteiger partial charge is 0.379 e. The molecule has 10 heteroatoms. The third-order valence-electron chi connectivity index (χ3n) is 4.37. The first-order valence-electron chi connectivity index (χ1n) is 9.00. The summed E-state index contributed by atoms with van der Waals surface area (Å²) in [7, 11) is -3.70. The molecule has 0 saturated carbocycles. The lowest BCUT2D eigenvalue weighted by molar-refractivity contribution is -0.137. The second-order valence-electron chi connectivity index (χ2n) is 6.49. The van der Waals surface area contributed by atoms with Gasteiger partial charge >= 0.3 is 6.18 Å². The van der Waals surface area contributed by atoms with E-state index < -0.39 is 27.7 Å². The Bertz CT molecular complexity index is 1030. The summed E-state index contributed by atoms with van der Waals surface area (Å²) in [5.41, 5.74) is -0.0735. The fraction of sp³-hybridized carbons (Fsp3) is 0.250. The highest BCUT2D eigenvalue weighted by Gasteiger charge is 2.30. The lowest BCUT2D eigenvalue weighted by Crippen LogP contribution is -2.40. The lowest BCUT2D eigenvalue weighted by Gasteiger charge is -2.26. The first-order valence-corrected chi connectivity index (χ1v) is 10.4. The van der Waals surface area contributed by atoms with Crippen LogP contribution in [0.1, 0.15) is 11.1 Å². The molecule has 1 N–H and O–H groups in total. The standard InChI is InChI=1S/C20H19F3N2O4S/c21-20(22,23)16-7-4-15(5-8-16)6-9-19(26)24-17-2-1-3-18(14-17)30(27,28)25-10-12-29-13-11-25/h1-9,14H,10-13H2,(H,24,26)/b9-6+. The molecule has 1 heterocycles. The summed E-state index contributed by atoms with van der Waals surface area (Å²) >= 11 is 0. The van der Waals surface area contributed by atoms with Gasteiger partial charge in [-0.3, -0.25) is 4.79 Å². The van der Waals surface area contributed by atoms with Crippen molar-refractivity contribution in [3.05, 3.63) is 65.7 Å². The zero-order valence-corrected chi connectivity index (χ0v) is 16.5. The Morgan fingerprint density at radius 1 is 1.07 bits per heavy atom. The van der Waals surface area contributed by atoms with Crippen molar-refractivity contribution in [2.24, 2.45) is 0 Å². The van der Waals surface area contributed by atoms with Gasteiger partial charge in [0.2, 0.25) is 15.9 Å². The maximum absolute atomic E-state index is 12.7. The van der Waals surface area contributed by atoms with Crippen LogP contribution in [-0.2, 0) is 25.7 Å². The minimum atomic E-state index is -4.42. The van der Waals surface area contributed by atoms with Gasteiger partial charge in [0.1, 0.15) is 0 Å². The van der Waals surface area contributed by atoms with Crippen molar-refractivity contribution in [1.82, 2.24) is 4.31 Å². The molecule has 0 unspecified atom stereocenters. The van der Waals surface area contributed by atoms with E-state index in [1.165, 1.54) is 40.7 Å². The number of alkyl halides is 3. The van der Waals surface area contributed by atoms with Gasteiger partial charge < -0.3 is 10.1 Å². The van der Waals surface area contributed by atoms with Crippen molar-refractivity contribution in [2.75, 3.05) is 31.6 Å². The second-order valence-corrected chi connectivity index (χ2v) is 8.42. The van der Waals surface area contributed by atoms with Crippen LogP contribution in [0.25, 0.3) is 6.08 Å². The van der Waals surface area contributed by atoms with Crippen molar-refractivity contribution < 1.29 is 31.1 Å². The number of morpholine rings is 1. The fourth-order valence-corrected chi connectivity index (χ4v) is 4.26. The van der Waals surface area contributed by atoms with Gasteiger partial charge in [-0.15, -0.1) is 0 Å². The van der Waals surface area contributed by atoms with E-state index in [1.807, 2.05) is 0 Å². The third-order valence-corrected chi connectivity index (χ3v) is 6.27. The number of ether oxygens (including phenoxy) is 1. The third kappa shape index (κ3) is 5.47. The Morgan fingerprint density at radius 2 is 1.73 bits per heavy atom. The molecule has 1 saturated heterocycles. The van der Waals surface area contributed by atoms with Gasteiger partial charge in [0, 0.05) is 24.9 Å². The molecule has 6 nitrogen and oxygen atoms in total. The van der Waals surface area contributed by atoms with E-state index in [9.17, 15) is 26.4 Å². The molecule has 0 spiro atoms. The van der Waals surface area contributed by atoms with Crippen molar-refractivity contribution >= 4 is 27.7 Å². The summed E-state index contributed by atoms with van der Waals surface area (Å²) in [6.07, 6.45) is -1.90. The quantitative estimate of drug-likeness (QED) is 0.724. The molecule has 3 rings (SSSR count). The Labute approximate surface area is 172 Å². The zero-order valence-electron chi connectivity index (χ0n) is 15.7. The normalized spacial score (nSPS) is 16.0. The molecule has 2 aromatic carbocycles. The maximum atomic E-state index is 12.7. The van der Waals surface area contributed by atoms with Crippen LogP contribution in [0.3, 0.4) is 0 Å². The van der Waals surface area contributed by atoms with E-state index in [0.29, 0.717) is 18.8 Å². The SMILES string of the molecule is O=C(/C=C/c1ccc(C(F)(F)F)cc1)Nc1cccc(S(=O)(=O)N2CCOCC2)c1. The molecule has 0 aromatic heterocycles. The lowest BCUT2D eigenvalue weighted by atomic mass is 10.1. The zero-order chi connectivity index (χ0) is 21.8. The largest absolute Gasteiger partial charge is 0.416 e. The highest BCUT2D eigenvalue weighted by Crippen LogP contribution is 2.29. The predicted molar refractivity (Wildman–Crippen MR) is 105 cm³/mol. The minimum absolute atomic E-state index is 0.0499. The molecule has 0 bridgehead atoms. The molecular formula is C20H19F3N2O4S. The van der Waals surface area contributed by atoms with E-state index in [-0.39, 0.29) is 23.7 Å². The number of benzene rings is 2. The van der Waals surface area contributed by atoms with Crippen LogP contribution in [0.4, 0.5) is 18.9 Å². The first-order chi connectivity index (χ1) is 14.2. The van der Waals surface area contributed by atoms with E-state index in [4.69, 9.17) is 4.74 Å². The van der Waals surface area contributed by atoms with Gasteiger partial charge in [-0.1, -0.05) is 18.2 Å². The minimum Gasteiger partial charge on any atom is -0.379 e. The van der Waals surface area contributed by atoms with Crippen LogP contribution in [0.2, 0.25) is 0 Å². The van der Waals surface area contributed by atoms with Crippen molar-refractivity contribution in [1.29, 1.82) is 0 Å². The van der Waals surface area contributed by atoms with Gasteiger partial charge in [0.15, 0.2) is 0 Å². The van der Waals surface area contributed by atoms with Crippen molar-refractivity contribution in [3.63, 3.8) is 0 Å². The van der Waals surface area contributed by atoms with Crippen LogP contribution in [0.15, 0.2) is 59.5 Å². The van der Waals surface area contributed by atoms with Crippen LogP contribution in [0, 0.1) is 0 Å². The van der Waals surface area contributed by atoms with Gasteiger partial charge in [-0.25, -0.2) is 8.42 Å². The maximum Gasteiger partial charge on any atom is 0.416 e. The predicted octanol–water partition coefficient (Wildman–Crippen LogP) is 3.38. The Kier molecular flexibility index (Phi) is 6.59. The Morgan fingerprint density at radius 3 is 2.37 bits per heavy atom. The van der Waals surface area contributed by atoms with E-state index in [2.05, 4.69) is 5.32 Å². The number of halogens is 3. The van der Waals surface area contributed by atoms with E-state index in [1.54, 1.807) is 6.07 Å². The molecule has 0 aliphatic carbocycles. The number of nitrogens with zero attached hydrogens (tertiary/aromatic N) is 1. The van der Waals surface area contributed by atoms with Crippen LogP contribution >= 0.6 is 0 Å². The number of nitrogens with one attached hydrogen (secondary N) is 1. The summed E-state index contributed by atoms with van der Waals surface area (Å²) < 4.78 is 69.6. The Hall–Kier alpha value is -2.69. The van der Waals surface area contributed by atoms with Gasteiger partial charge in [-0.2, -0.15) is 17.5 Å². The van der Waals surface area contributed by atoms with Gasteiger partial charge in [0.05, 0.1) is 23.7 Å².